The summed E-state index contributed by atoms with van der Waals surface area (Å²) in [6, 6.07) is 9.17. The van der Waals surface area contributed by atoms with Crippen LogP contribution in [0.25, 0.3) is 0 Å². The van der Waals surface area contributed by atoms with E-state index in [9.17, 15) is 14.4 Å². The molecule has 2 aromatic rings. The third kappa shape index (κ3) is 3.99. The molecular formula is C19H20N2O4S. The minimum absolute atomic E-state index is 0.149. The Morgan fingerprint density at radius 3 is 2.81 bits per heavy atom. The summed E-state index contributed by atoms with van der Waals surface area (Å²) >= 11 is 1.74. The highest BCUT2D eigenvalue weighted by Crippen LogP contribution is 2.37. The summed E-state index contributed by atoms with van der Waals surface area (Å²) in [6.07, 6.45) is 2.31. The molecule has 1 N–H and O–H groups in total. The maximum absolute atomic E-state index is 12.6. The largest absolute Gasteiger partial charge is 0.451 e. The number of hydrogen-bond donors (Lipinski definition) is 1. The first-order valence-electron chi connectivity index (χ1n) is 8.38. The number of nitrogens with one attached hydrogen (secondary N) is 1. The molecule has 26 heavy (non-hydrogen) atoms. The number of Topliss-reactive ketones (excluding diaryl/α,β-unsaturated/α-hetero) is 1. The van der Waals surface area contributed by atoms with Crippen molar-refractivity contribution in [2.75, 3.05) is 18.1 Å². The van der Waals surface area contributed by atoms with Crippen molar-refractivity contribution in [2.24, 2.45) is 0 Å². The van der Waals surface area contributed by atoms with Crippen molar-refractivity contribution in [3.63, 3.8) is 0 Å². The molecule has 1 aliphatic heterocycles. The van der Waals surface area contributed by atoms with E-state index in [-0.39, 0.29) is 24.0 Å². The monoisotopic (exact) mass is 372 g/mol. The van der Waals surface area contributed by atoms with Crippen LogP contribution in [0, 0.1) is 0 Å². The van der Waals surface area contributed by atoms with Crippen LogP contribution in [0.15, 0.2) is 41.4 Å². The molecule has 0 saturated heterocycles. The Kier molecular flexibility index (Phi) is 5.46. The normalized spacial score (nSPS) is 16.5. The molecule has 0 bridgehead atoms. The number of H-pyrrole nitrogens is 1. The van der Waals surface area contributed by atoms with Gasteiger partial charge in [0.1, 0.15) is 5.69 Å². The van der Waals surface area contributed by atoms with Crippen molar-refractivity contribution in [1.82, 2.24) is 4.98 Å². The molecule has 6 nitrogen and oxygen atoms in total. The lowest BCUT2D eigenvalue weighted by molar-refractivity contribution is -0.121. The highest BCUT2D eigenvalue weighted by molar-refractivity contribution is 8.00. The summed E-state index contributed by atoms with van der Waals surface area (Å²) in [5.41, 5.74) is 1.40. The first-order chi connectivity index (χ1) is 12.5. The van der Waals surface area contributed by atoms with Crippen LogP contribution in [0.2, 0.25) is 0 Å². The van der Waals surface area contributed by atoms with E-state index in [1.807, 2.05) is 24.3 Å². The lowest BCUT2D eigenvalue weighted by Crippen LogP contribution is -2.35. The summed E-state index contributed by atoms with van der Waals surface area (Å²) in [5, 5.41) is 0.403. The number of para-hydroxylation sites is 1. The average Bonchev–Trinajstić information content (AvgIpc) is 3.05. The van der Waals surface area contributed by atoms with Crippen LogP contribution in [-0.4, -0.2) is 41.0 Å². The molecule has 0 fully saturated rings. The predicted molar refractivity (Wildman–Crippen MR) is 99.8 cm³/mol. The first-order valence-corrected chi connectivity index (χ1v) is 9.26. The molecule has 1 aromatic heterocycles. The number of ketones is 1. The van der Waals surface area contributed by atoms with Gasteiger partial charge in [0.05, 0.1) is 5.69 Å². The van der Waals surface area contributed by atoms with Crippen molar-refractivity contribution in [1.29, 1.82) is 0 Å². The van der Waals surface area contributed by atoms with Gasteiger partial charge in [-0.1, -0.05) is 19.1 Å². The van der Waals surface area contributed by atoms with Gasteiger partial charge in [-0.3, -0.25) is 9.59 Å². The van der Waals surface area contributed by atoms with Gasteiger partial charge in [0.15, 0.2) is 12.4 Å². The lowest BCUT2D eigenvalue weighted by atomic mass is 10.2. The molecule has 0 saturated carbocycles. The molecule has 3 rings (SSSR count). The zero-order valence-electron chi connectivity index (χ0n) is 14.7. The fourth-order valence-corrected chi connectivity index (χ4v) is 3.86. The van der Waals surface area contributed by atoms with Crippen LogP contribution < -0.4 is 4.90 Å². The summed E-state index contributed by atoms with van der Waals surface area (Å²) in [5.74, 6) is -1.07. The number of carbonyl (C=O) groups excluding carboxylic acids is 3. The highest BCUT2D eigenvalue weighted by Gasteiger charge is 2.25. The Morgan fingerprint density at radius 1 is 1.31 bits per heavy atom. The van der Waals surface area contributed by atoms with E-state index in [4.69, 9.17) is 4.74 Å². The minimum atomic E-state index is -0.656. The van der Waals surface area contributed by atoms with Gasteiger partial charge >= 0.3 is 5.97 Å². The quantitative estimate of drug-likeness (QED) is 0.658. The van der Waals surface area contributed by atoms with E-state index in [1.165, 1.54) is 19.2 Å². The fraction of sp³-hybridized carbons (Fsp3) is 0.316. The molecule has 0 spiro atoms. The zero-order valence-corrected chi connectivity index (χ0v) is 15.5. The third-order valence-corrected chi connectivity index (χ3v) is 5.42. The number of aromatic amines is 1. The van der Waals surface area contributed by atoms with Crippen LogP contribution in [-0.2, 0) is 9.53 Å². The van der Waals surface area contributed by atoms with Crippen LogP contribution in [0.1, 0.15) is 41.1 Å². The van der Waals surface area contributed by atoms with Gasteiger partial charge in [-0.05, 0) is 31.5 Å². The lowest BCUT2D eigenvalue weighted by Gasteiger charge is -2.22. The number of esters is 1. The minimum Gasteiger partial charge on any atom is -0.451 e. The SMILES string of the molecule is CC(=O)c1c[nH]c(C(=O)OCC(=O)N2CC[C@@H](C)Sc3ccccc32)c1. The number of benzene rings is 1. The van der Waals surface area contributed by atoms with Crippen LogP contribution in [0.3, 0.4) is 0 Å². The molecule has 1 amide bonds. The first kappa shape index (κ1) is 18.3. The van der Waals surface area contributed by atoms with Crippen molar-refractivity contribution in [3.8, 4) is 0 Å². The van der Waals surface area contributed by atoms with Crippen LogP contribution in [0.5, 0.6) is 0 Å². The molecular weight excluding hydrogens is 352 g/mol. The Labute approximate surface area is 155 Å². The number of anilines is 1. The Bertz CT molecular complexity index is 846. The number of ether oxygens (including phenoxy) is 1. The van der Waals surface area contributed by atoms with Gasteiger partial charge in [-0.25, -0.2) is 4.79 Å². The summed E-state index contributed by atoms with van der Waals surface area (Å²) < 4.78 is 5.14. The predicted octanol–water partition coefficient (Wildman–Crippen LogP) is 3.29. The Balaban J connectivity index is 1.68. The van der Waals surface area contributed by atoms with Gasteiger partial charge in [-0.15, -0.1) is 11.8 Å². The number of amides is 1. The molecule has 0 unspecified atom stereocenters. The van der Waals surface area contributed by atoms with E-state index in [2.05, 4.69) is 11.9 Å². The highest BCUT2D eigenvalue weighted by atomic mass is 32.2. The van der Waals surface area contributed by atoms with Gasteiger partial charge in [0.25, 0.3) is 5.91 Å². The van der Waals surface area contributed by atoms with Crippen LogP contribution in [0.4, 0.5) is 5.69 Å². The fourth-order valence-electron chi connectivity index (χ4n) is 2.74. The number of carbonyl (C=O) groups is 3. The molecule has 1 atom stereocenters. The topological polar surface area (TPSA) is 79.5 Å². The summed E-state index contributed by atoms with van der Waals surface area (Å²) in [6.45, 7) is 3.78. The third-order valence-electron chi connectivity index (χ3n) is 4.18. The molecule has 0 radical (unpaired) electrons. The maximum Gasteiger partial charge on any atom is 0.355 e. The second-order valence-electron chi connectivity index (χ2n) is 6.16. The second kappa shape index (κ2) is 7.78. The van der Waals surface area contributed by atoms with Crippen molar-refractivity contribution >= 4 is 35.1 Å². The molecule has 1 aliphatic rings. The van der Waals surface area contributed by atoms with E-state index in [1.54, 1.807) is 16.7 Å². The maximum atomic E-state index is 12.6. The number of rotatable bonds is 4. The number of aromatic nitrogens is 1. The zero-order chi connectivity index (χ0) is 18.7. The van der Waals surface area contributed by atoms with E-state index in [0.717, 1.165) is 17.0 Å². The van der Waals surface area contributed by atoms with Crippen LogP contribution >= 0.6 is 11.8 Å². The standard InChI is InChI=1S/C19H20N2O4S/c1-12-7-8-21(16-5-3-4-6-17(16)26-12)18(23)11-25-19(24)15-9-14(10-20-15)13(2)22/h3-6,9-10,12,20H,7-8,11H2,1-2H3/t12-/m1/s1. The number of fused-ring (bicyclic) bond motifs is 1. The number of nitrogens with zero attached hydrogens (tertiary/aromatic N) is 1. The van der Waals surface area contributed by atoms with Crippen molar-refractivity contribution in [3.05, 3.63) is 47.8 Å². The van der Waals surface area contributed by atoms with Crippen molar-refractivity contribution < 1.29 is 19.1 Å². The van der Waals surface area contributed by atoms with E-state index in [0.29, 0.717) is 17.4 Å². The average molecular weight is 372 g/mol. The number of hydrogen-bond acceptors (Lipinski definition) is 5. The van der Waals surface area contributed by atoms with Crippen molar-refractivity contribution in [2.45, 2.75) is 30.4 Å². The molecule has 136 valence electrons. The second-order valence-corrected chi connectivity index (χ2v) is 7.64. The Morgan fingerprint density at radius 2 is 2.08 bits per heavy atom. The van der Waals surface area contributed by atoms with E-state index >= 15 is 0 Å². The van der Waals surface area contributed by atoms with E-state index < -0.39 is 5.97 Å². The van der Waals surface area contributed by atoms with Gasteiger partial charge < -0.3 is 14.6 Å². The summed E-state index contributed by atoms with van der Waals surface area (Å²) in [4.78, 5) is 41.5. The molecule has 1 aromatic carbocycles. The molecule has 7 heteroatoms. The smallest absolute Gasteiger partial charge is 0.355 e. The Hall–Kier alpha value is -2.54. The van der Waals surface area contributed by atoms with Gasteiger partial charge in [0.2, 0.25) is 0 Å². The van der Waals surface area contributed by atoms with Gasteiger partial charge in [0, 0.05) is 28.5 Å². The molecule has 2 heterocycles. The summed E-state index contributed by atoms with van der Waals surface area (Å²) in [7, 11) is 0. The molecule has 0 aliphatic carbocycles. The van der Waals surface area contributed by atoms with Gasteiger partial charge in [-0.2, -0.15) is 0 Å². The number of thioether (sulfide) groups is 1.